The van der Waals surface area contributed by atoms with Gasteiger partial charge in [0.05, 0.1) is 6.04 Å². The van der Waals surface area contributed by atoms with Crippen LogP contribution in [0.15, 0.2) is 4.99 Å². The minimum Gasteiger partial charge on any atom is -0.481 e. The van der Waals surface area contributed by atoms with Gasteiger partial charge in [-0.3, -0.25) is 19.4 Å². The average Bonchev–Trinajstić information content (AvgIpc) is 2.54. The maximum atomic E-state index is 12.0. The molecule has 0 spiro atoms. The minimum absolute atomic E-state index is 0.0853. The Bertz CT molecular complexity index is 548. The molecular formula is C14H26N6O6. The molecule has 0 aromatic rings. The van der Waals surface area contributed by atoms with E-state index in [2.05, 4.69) is 15.6 Å². The van der Waals surface area contributed by atoms with Gasteiger partial charge in [0.15, 0.2) is 5.96 Å². The van der Waals surface area contributed by atoms with Crippen molar-refractivity contribution in [3.8, 4) is 0 Å². The zero-order chi connectivity index (χ0) is 20.3. The Morgan fingerprint density at radius 3 is 2.15 bits per heavy atom. The second kappa shape index (κ2) is 11.6. The maximum Gasteiger partial charge on any atom is 0.326 e. The first-order valence-electron chi connectivity index (χ1n) is 7.91. The molecule has 26 heavy (non-hydrogen) atoms. The molecule has 12 heteroatoms. The summed E-state index contributed by atoms with van der Waals surface area (Å²) in [6, 6.07) is -3.30. The van der Waals surface area contributed by atoms with Gasteiger partial charge in [-0.1, -0.05) is 0 Å². The maximum absolute atomic E-state index is 12.0. The Labute approximate surface area is 150 Å². The smallest absolute Gasteiger partial charge is 0.326 e. The lowest BCUT2D eigenvalue weighted by molar-refractivity contribution is -0.142. The van der Waals surface area contributed by atoms with Crippen molar-refractivity contribution in [3.63, 3.8) is 0 Å². The van der Waals surface area contributed by atoms with Crippen LogP contribution in [0.5, 0.6) is 0 Å². The number of hydrogen-bond acceptors (Lipinski definition) is 6. The Hall–Kier alpha value is -2.89. The van der Waals surface area contributed by atoms with Gasteiger partial charge >= 0.3 is 11.9 Å². The average molecular weight is 374 g/mol. The SMILES string of the molecule is CC(NC(=O)C(N)CCC(=O)O)C(=O)NC(CCCN=C(N)N)C(=O)O. The van der Waals surface area contributed by atoms with Gasteiger partial charge in [0, 0.05) is 13.0 Å². The number of nitrogens with one attached hydrogen (secondary N) is 2. The van der Waals surface area contributed by atoms with Crippen LogP contribution in [0.3, 0.4) is 0 Å². The lowest BCUT2D eigenvalue weighted by atomic mass is 10.1. The van der Waals surface area contributed by atoms with Gasteiger partial charge in [-0.15, -0.1) is 0 Å². The van der Waals surface area contributed by atoms with E-state index in [9.17, 15) is 19.2 Å². The van der Waals surface area contributed by atoms with E-state index in [0.29, 0.717) is 6.42 Å². The Morgan fingerprint density at radius 2 is 1.65 bits per heavy atom. The fourth-order valence-corrected chi connectivity index (χ4v) is 1.85. The van der Waals surface area contributed by atoms with Crippen LogP contribution in [0.2, 0.25) is 0 Å². The highest BCUT2D eigenvalue weighted by Crippen LogP contribution is 2.00. The first kappa shape index (κ1) is 23.1. The molecule has 0 aromatic heterocycles. The summed E-state index contributed by atoms with van der Waals surface area (Å²) in [7, 11) is 0. The topological polar surface area (TPSA) is 223 Å². The molecule has 10 N–H and O–H groups in total. The summed E-state index contributed by atoms with van der Waals surface area (Å²) in [5, 5.41) is 22.3. The van der Waals surface area contributed by atoms with Gasteiger partial charge in [0.25, 0.3) is 0 Å². The van der Waals surface area contributed by atoms with Gasteiger partial charge in [-0.25, -0.2) is 4.79 Å². The Kier molecular flexibility index (Phi) is 10.3. The molecular weight excluding hydrogens is 348 g/mol. The molecule has 3 unspecified atom stereocenters. The van der Waals surface area contributed by atoms with Crippen molar-refractivity contribution in [1.29, 1.82) is 0 Å². The second-order valence-electron chi connectivity index (χ2n) is 5.62. The number of rotatable bonds is 12. The molecule has 0 fully saturated rings. The Balaban J connectivity index is 4.49. The van der Waals surface area contributed by atoms with Crippen LogP contribution in [0, 0.1) is 0 Å². The van der Waals surface area contributed by atoms with Crippen molar-refractivity contribution in [1.82, 2.24) is 10.6 Å². The fraction of sp³-hybridized carbons (Fsp3) is 0.643. The van der Waals surface area contributed by atoms with Gasteiger partial charge in [-0.05, 0) is 26.2 Å². The van der Waals surface area contributed by atoms with Crippen LogP contribution >= 0.6 is 0 Å². The van der Waals surface area contributed by atoms with E-state index in [1.165, 1.54) is 6.92 Å². The van der Waals surface area contributed by atoms with Crippen LogP contribution < -0.4 is 27.8 Å². The van der Waals surface area contributed by atoms with Gasteiger partial charge in [-0.2, -0.15) is 0 Å². The third kappa shape index (κ3) is 10.1. The van der Waals surface area contributed by atoms with Gasteiger partial charge in [0.1, 0.15) is 12.1 Å². The number of nitrogens with zero attached hydrogens (tertiary/aromatic N) is 1. The lowest BCUT2D eigenvalue weighted by Crippen LogP contribution is -2.53. The highest BCUT2D eigenvalue weighted by Gasteiger charge is 2.25. The van der Waals surface area contributed by atoms with Crippen molar-refractivity contribution in [2.24, 2.45) is 22.2 Å². The number of carboxylic acid groups (broad SMARTS) is 2. The predicted octanol–water partition coefficient (Wildman–Crippen LogP) is -2.69. The van der Waals surface area contributed by atoms with Crippen molar-refractivity contribution in [3.05, 3.63) is 0 Å². The quantitative estimate of drug-likeness (QED) is 0.107. The van der Waals surface area contributed by atoms with Crippen LogP contribution in [0.4, 0.5) is 0 Å². The van der Waals surface area contributed by atoms with Crippen molar-refractivity contribution < 1.29 is 29.4 Å². The largest absolute Gasteiger partial charge is 0.481 e. The molecule has 0 aliphatic carbocycles. The molecule has 0 aliphatic rings. The number of amides is 2. The third-order valence-corrected chi connectivity index (χ3v) is 3.32. The normalized spacial score (nSPS) is 13.8. The van der Waals surface area contributed by atoms with E-state index in [0.717, 1.165) is 0 Å². The van der Waals surface area contributed by atoms with Crippen LogP contribution in [-0.4, -0.2) is 64.6 Å². The number of guanidine groups is 1. The zero-order valence-corrected chi connectivity index (χ0v) is 14.5. The summed E-state index contributed by atoms with van der Waals surface area (Å²) >= 11 is 0. The molecule has 2 amide bonds. The lowest BCUT2D eigenvalue weighted by Gasteiger charge is -2.20. The molecule has 3 atom stereocenters. The predicted molar refractivity (Wildman–Crippen MR) is 91.9 cm³/mol. The molecule has 148 valence electrons. The van der Waals surface area contributed by atoms with Crippen LogP contribution in [0.25, 0.3) is 0 Å². The monoisotopic (exact) mass is 374 g/mol. The third-order valence-electron chi connectivity index (χ3n) is 3.32. The van der Waals surface area contributed by atoms with Crippen molar-refractivity contribution in [2.45, 2.75) is 50.7 Å². The molecule has 0 aliphatic heterocycles. The summed E-state index contributed by atoms with van der Waals surface area (Å²) in [4.78, 5) is 49.2. The summed E-state index contributed by atoms with van der Waals surface area (Å²) < 4.78 is 0. The highest BCUT2D eigenvalue weighted by atomic mass is 16.4. The number of aliphatic imine (C=N–C) groups is 1. The number of carbonyl (C=O) groups is 4. The standard InChI is InChI=1S/C14H26N6O6/c1-7(19-12(24)8(15)4-5-10(21)22)11(23)20-9(13(25)26)3-2-6-18-14(16)17/h7-9H,2-6,15H2,1H3,(H,19,24)(H,20,23)(H,21,22)(H,25,26)(H4,16,17,18). The first-order chi connectivity index (χ1) is 12.0. The Morgan fingerprint density at radius 1 is 1.04 bits per heavy atom. The van der Waals surface area contributed by atoms with Crippen LogP contribution in [0.1, 0.15) is 32.6 Å². The van der Waals surface area contributed by atoms with E-state index in [1.807, 2.05) is 0 Å². The molecule has 0 saturated carbocycles. The van der Waals surface area contributed by atoms with E-state index < -0.39 is 41.9 Å². The first-order valence-corrected chi connectivity index (χ1v) is 7.91. The molecule has 0 bridgehead atoms. The molecule has 0 aromatic carbocycles. The summed E-state index contributed by atoms with van der Waals surface area (Å²) in [5.41, 5.74) is 15.8. The van der Waals surface area contributed by atoms with E-state index >= 15 is 0 Å². The van der Waals surface area contributed by atoms with E-state index in [4.69, 9.17) is 27.4 Å². The number of carbonyl (C=O) groups excluding carboxylic acids is 2. The van der Waals surface area contributed by atoms with Crippen molar-refractivity contribution in [2.75, 3.05) is 6.54 Å². The molecule has 0 radical (unpaired) electrons. The summed E-state index contributed by atoms with van der Waals surface area (Å²) in [6.45, 7) is 1.57. The van der Waals surface area contributed by atoms with Crippen LogP contribution in [-0.2, 0) is 19.2 Å². The molecule has 0 rings (SSSR count). The molecule has 0 saturated heterocycles. The highest BCUT2D eigenvalue weighted by molar-refractivity contribution is 5.91. The number of aliphatic carboxylic acids is 2. The van der Waals surface area contributed by atoms with Crippen molar-refractivity contribution >= 4 is 29.7 Å². The fourth-order valence-electron chi connectivity index (χ4n) is 1.85. The number of carboxylic acids is 2. The second-order valence-corrected chi connectivity index (χ2v) is 5.62. The summed E-state index contributed by atoms with van der Waals surface area (Å²) in [5.74, 6) is -3.85. The zero-order valence-electron chi connectivity index (χ0n) is 14.5. The summed E-state index contributed by atoms with van der Waals surface area (Å²) in [6.07, 6.45) is 0.0523. The molecule has 12 nitrogen and oxygen atoms in total. The number of hydrogen-bond donors (Lipinski definition) is 7. The molecule has 0 heterocycles. The van der Waals surface area contributed by atoms with E-state index in [1.54, 1.807) is 0 Å². The number of nitrogens with two attached hydrogens (primary N) is 3. The van der Waals surface area contributed by atoms with E-state index in [-0.39, 0.29) is 31.8 Å². The minimum atomic E-state index is -1.24. The van der Waals surface area contributed by atoms with Gasteiger partial charge < -0.3 is 38.0 Å². The van der Waals surface area contributed by atoms with Gasteiger partial charge in [0.2, 0.25) is 11.8 Å².